The molecule has 1 aromatic heterocycles. The number of anilines is 3. The van der Waals surface area contributed by atoms with Crippen molar-refractivity contribution in [2.45, 2.75) is 6.92 Å². The maximum Gasteiger partial charge on any atom is 0.224 e. The van der Waals surface area contributed by atoms with Gasteiger partial charge in [0.05, 0.1) is 0 Å². The van der Waals surface area contributed by atoms with E-state index in [-0.39, 0.29) is 5.28 Å². The van der Waals surface area contributed by atoms with E-state index >= 15 is 0 Å². The molecule has 0 aliphatic heterocycles. The van der Waals surface area contributed by atoms with E-state index in [9.17, 15) is 0 Å². The van der Waals surface area contributed by atoms with Crippen LogP contribution in [0.3, 0.4) is 0 Å². The van der Waals surface area contributed by atoms with Crippen molar-refractivity contribution in [3.05, 3.63) is 40.8 Å². The second-order valence-corrected chi connectivity index (χ2v) is 4.12. The Hall–Kier alpha value is -2.14. The van der Waals surface area contributed by atoms with Crippen molar-refractivity contribution in [1.82, 2.24) is 9.97 Å². The third kappa shape index (κ3) is 2.57. The molecule has 0 unspecified atom stereocenters. The van der Waals surface area contributed by atoms with Gasteiger partial charge in [-0.15, -0.1) is 0 Å². The van der Waals surface area contributed by atoms with E-state index in [1.165, 1.54) is 6.21 Å². The van der Waals surface area contributed by atoms with Gasteiger partial charge in [0.2, 0.25) is 5.28 Å². The molecule has 0 bridgehead atoms. The number of nitrogens with two attached hydrogens (primary N) is 1. The zero-order valence-electron chi connectivity index (χ0n) is 9.74. The van der Waals surface area contributed by atoms with Crippen molar-refractivity contribution in [2.24, 2.45) is 0 Å². The number of aromatic nitrogens is 2. The molecule has 0 atom stereocenters. The summed E-state index contributed by atoms with van der Waals surface area (Å²) in [5.74, 6) is 0.635. The van der Waals surface area contributed by atoms with Crippen molar-refractivity contribution in [1.29, 1.82) is 5.41 Å². The molecule has 0 saturated heterocycles. The van der Waals surface area contributed by atoms with Crippen molar-refractivity contribution >= 4 is 35.0 Å². The van der Waals surface area contributed by atoms with Crippen molar-refractivity contribution < 1.29 is 0 Å². The molecule has 5 nitrogen and oxygen atoms in total. The Morgan fingerprint density at radius 3 is 2.94 bits per heavy atom. The van der Waals surface area contributed by atoms with Crippen LogP contribution < -0.4 is 11.1 Å². The summed E-state index contributed by atoms with van der Waals surface area (Å²) in [6.07, 6.45) is 2.85. The van der Waals surface area contributed by atoms with Gasteiger partial charge in [-0.3, -0.25) is 0 Å². The minimum absolute atomic E-state index is 0.186. The van der Waals surface area contributed by atoms with E-state index in [1.54, 1.807) is 18.3 Å². The van der Waals surface area contributed by atoms with Gasteiger partial charge in [-0.05, 0) is 36.7 Å². The van der Waals surface area contributed by atoms with E-state index in [0.717, 1.165) is 11.3 Å². The third-order valence-corrected chi connectivity index (χ3v) is 2.63. The van der Waals surface area contributed by atoms with Gasteiger partial charge in [0.25, 0.3) is 0 Å². The van der Waals surface area contributed by atoms with Crippen LogP contribution in [-0.4, -0.2) is 16.2 Å². The zero-order valence-corrected chi connectivity index (χ0v) is 10.5. The Labute approximate surface area is 110 Å². The molecular formula is C12H12ClN5. The largest absolute Gasteiger partial charge is 0.398 e. The second-order valence-electron chi connectivity index (χ2n) is 3.78. The number of aryl methyl sites for hydroxylation is 1. The number of hydrogen-bond acceptors (Lipinski definition) is 5. The summed E-state index contributed by atoms with van der Waals surface area (Å²) >= 11 is 5.75. The first-order chi connectivity index (χ1) is 8.60. The number of benzene rings is 1. The molecule has 0 aliphatic rings. The monoisotopic (exact) mass is 261 g/mol. The molecule has 6 heteroatoms. The van der Waals surface area contributed by atoms with E-state index in [2.05, 4.69) is 15.3 Å². The number of nitrogens with zero attached hydrogens (tertiary/aromatic N) is 2. The van der Waals surface area contributed by atoms with Gasteiger partial charge in [0, 0.05) is 34.9 Å². The second kappa shape index (κ2) is 5.01. The minimum atomic E-state index is 0.186. The molecule has 0 saturated carbocycles. The number of nitrogen functional groups attached to an aromatic ring is 1. The van der Waals surface area contributed by atoms with Crippen LogP contribution in [0.5, 0.6) is 0 Å². The summed E-state index contributed by atoms with van der Waals surface area (Å²) in [6, 6.07) is 5.33. The maximum atomic E-state index is 7.26. The number of nitrogens with one attached hydrogen (secondary N) is 2. The Morgan fingerprint density at radius 2 is 2.22 bits per heavy atom. The lowest BCUT2D eigenvalue weighted by Gasteiger charge is -2.09. The molecule has 2 aromatic rings. The molecule has 0 fully saturated rings. The molecule has 0 radical (unpaired) electrons. The van der Waals surface area contributed by atoms with Gasteiger partial charge in [0.1, 0.15) is 5.82 Å². The topological polar surface area (TPSA) is 87.7 Å². The fourth-order valence-electron chi connectivity index (χ4n) is 1.46. The van der Waals surface area contributed by atoms with Crippen molar-refractivity contribution in [3.63, 3.8) is 0 Å². The smallest absolute Gasteiger partial charge is 0.224 e. The molecule has 92 valence electrons. The van der Waals surface area contributed by atoms with Crippen LogP contribution in [0.2, 0.25) is 5.28 Å². The Kier molecular flexibility index (Phi) is 3.43. The Bertz CT molecular complexity index is 597. The standard InChI is InChI=1S/C12H12ClN5/c1-7-6-16-12(13)18-11(7)17-9-2-3-10(15)8(4-9)5-14/h2-6,14H,15H2,1H3,(H,16,17,18). The predicted molar refractivity (Wildman–Crippen MR) is 73.8 cm³/mol. The van der Waals surface area contributed by atoms with Gasteiger partial charge in [-0.25, -0.2) is 9.97 Å². The highest BCUT2D eigenvalue weighted by atomic mass is 35.5. The normalized spacial score (nSPS) is 10.1. The lowest BCUT2D eigenvalue weighted by molar-refractivity contribution is 1.13. The van der Waals surface area contributed by atoms with Gasteiger partial charge in [-0.1, -0.05) is 0 Å². The summed E-state index contributed by atoms with van der Waals surface area (Å²) < 4.78 is 0. The van der Waals surface area contributed by atoms with E-state index < -0.39 is 0 Å². The average Bonchev–Trinajstić information content (AvgIpc) is 2.36. The van der Waals surface area contributed by atoms with Crippen LogP contribution in [0.15, 0.2) is 24.4 Å². The highest BCUT2D eigenvalue weighted by Crippen LogP contribution is 2.22. The van der Waals surface area contributed by atoms with Gasteiger partial charge < -0.3 is 16.5 Å². The first kappa shape index (κ1) is 12.3. The molecule has 0 spiro atoms. The molecule has 2 rings (SSSR count). The molecular weight excluding hydrogens is 250 g/mol. The lowest BCUT2D eigenvalue weighted by atomic mass is 10.1. The first-order valence-corrected chi connectivity index (χ1v) is 5.64. The summed E-state index contributed by atoms with van der Waals surface area (Å²) in [5, 5.41) is 10.6. The highest BCUT2D eigenvalue weighted by molar-refractivity contribution is 6.28. The van der Waals surface area contributed by atoms with Crippen LogP contribution in [0, 0.1) is 12.3 Å². The zero-order chi connectivity index (χ0) is 13.1. The minimum Gasteiger partial charge on any atom is -0.398 e. The van der Waals surface area contributed by atoms with Crippen LogP contribution in [0.1, 0.15) is 11.1 Å². The van der Waals surface area contributed by atoms with E-state index in [1.807, 2.05) is 13.0 Å². The summed E-state index contributed by atoms with van der Waals surface area (Å²) in [7, 11) is 0. The van der Waals surface area contributed by atoms with Crippen molar-refractivity contribution in [3.8, 4) is 0 Å². The fraction of sp³-hybridized carbons (Fsp3) is 0.0833. The molecule has 18 heavy (non-hydrogen) atoms. The summed E-state index contributed by atoms with van der Waals surface area (Å²) in [4.78, 5) is 7.99. The molecule has 1 aromatic carbocycles. The Morgan fingerprint density at radius 1 is 1.44 bits per heavy atom. The summed E-state index contributed by atoms with van der Waals surface area (Å²) in [6.45, 7) is 1.88. The van der Waals surface area contributed by atoms with Crippen LogP contribution >= 0.6 is 11.6 Å². The van der Waals surface area contributed by atoms with E-state index in [0.29, 0.717) is 17.1 Å². The Balaban J connectivity index is 2.34. The SMILES string of the molecule is Cc1cnc(Cl)nc1Nc1ccc(N)c(C=N)c1. The maximum absolute atomic E-state index is 7.26. The highest BCUT2D eigenvalue weighted by Gasteiger charge is 2.04. The number of rotatable bonds is 3. The van der Waals surface area contributed by atoms with Gasteiger partial charge in [0.15, 0.2) is 0 Å². The van der Waals surface area contributed by atoms with Crippen LogP contribution in [0.4, 0.5) is 17.2 Å². The van der Waals surface area contributed by atoms with Crippen molar-refractivity contribution in [2.75, 3.05) is 11.1 Å². The summed E-state index contributed by atoms with van der Waals surface area (Å²) in [5.41, 5.74) is 8.61. The third-order valence-electron chi connectivity index (χ3n) is 2.45. The van der Waals surface area contributed by atoms with Gasteiger partial charge in [-0.2, -0.15) is 0 Å². The first-order valence-electron chi connectivity index (χ1n) is 5.26. The van der Waals surface area contributed by atoms with Gasteiger partial charge >= 0.3 is 0 Å². The molecule has 0 amide bonds. The average molecular weight is 262 g/mol. The molecule has 0 aliphatic carbocycles. The number of halogens is 1. The quantitative estimate of drug-likeness (QED) is 0.450. The van der Waals surface area contributed by atoms with E-state index in [4.69, 9.17) is 22.7 Å². The fourth-order valence-corrected chi connectivity index (χ4v) is 1.59. The molecule has 1 heterocycles. The predicted octanol–water partition coefficient (Wildman–Crippen LogP) is 2.76. The molecule has 4 N–H and O–H groups in total. The lowest BCUT2D eigenvalue weighted by Crippen LogP contribution is -2.00. The van der Waals surface area contributed by atoms with Crippen LogP contribution in [-0.2, 0) is 0 Å². The number of hydrogen-bond donors (Lipinski definition) is 3. The van der Waals surface area contributed by atoms with Crippen LogP contribution in [0.25, 0.3) is 0 Å².